The van der Waals surface area contributed by atoms with E-state index < -0.39 is 10.1 Å². The molecule has 0 aliphatic carbocycles. The zero-order chi connectivity index (χ0) is 16.5. The number of hydrogen-bond donors (Lipinski definition) is 1. The molecule has 0 radical (unpaired) electrons. The summed E-state index contributed by atoms with van der Waals surface area (Å²) in [6.07, 6.45) is 20.3. The molecule has 0 rings (SSSR count). The Morgan fingerprint density at radius 3 is 1.13 bits per heavy atom. The van der Waals surface area contributed by atoms with Gasteiger partial charge in [0.15, 0.2) is 0 Å². The van der Waals surface area contributed by atoms with Crippen LogP contribution in [-0.2, 0) is 10.1 Å². The average molecular weight is 361 g/mol. The van der Waals surface area contributed by atoms with E-state index in [-0.39, 0.29) is 31.7 Å². The monoisotopic (exact) mass is 360 g/mol. The fourth-order valence-corrected chi connectivity index (χ4v) is 3.40. The molecular formula is C18H40MgO3S. The van der Waals surface area contributed by atoms with Gasteiger partial charge in [0.25, 0.3) is 10.1 Å². The second-order valence-electron chi connectivity index (χ2n) is 6.59. The maximum atomic E-state index is 10.5. The van der Waals surface area contributed by atoms with Gasteiger partial charge in [0.05, 0.1) is 5.75 Å². The molecule has 0 aliphatic heterocycles. The summed E-state index contributed by atoms with van der Waals surface area (Å²) in [5.74, 6) is -0.0779. The molecule has 0 aromatic rings. The molecule has 0 unspecified atom stereocenters. The third kappa shape index (κ3) is 25.0. The molecular weight excluding hydrogens is 321 g/mol. The number of rotatable bonds is 17. The Labute approximate surface area is 164 Å². The van der Waals surface area contributed by atoms with E-state index in [2.05, 4.69) is 6.92 Å². The van der Waals surface area contributed by atoms with Gasteiger partial charge in [0, 0.05) is 0 Å². The van der Waals surface area contributed by atoms with Crippen LogP contribution in [-0.4, -0.2) is 41.8 Å². The van der Waals surface area contributed by atoms with Crippen LogP contribution in [0, 0.1) is 0 Å². The molecule has 0 amide bonds. The van der Waals surface area contributed by atoms with Crippen molar-refractivity contribution in [1.29, 1.82) is 0 Å². The van der Waals surface area contributed by atoms with Crippen LogP contribution in [0.5, 0.6) is 0 Å². The molecule has 23 heavy (non-hydrogen) atoms. The van der Waals surface area contributed by atoms with E-state index in [4.69, 9.17) is 4.55 Å². The zero-order valence-corrected chi connectivity index (χ0v) is 17.6. The maximum Gasteiger partial charge on any atom is 2.00 e. The van der Waals surface area contributed by atoms with Gasteiger partial charge in [0.2, 0.25) is 0 Å². The Balaban J connectivity index is -0.000000735. The Morgan fingerprint density at radius 1 is 0.609 bits per heavy atom. The van der Waals surface area contributed by atoms with Crippen molar-refractivity contribution in [3.63, 3.8) is 0 Å². The van der Waals surface area contributed by atoms with Crippen molar-refractivity contribution >= 4 is 33.2 Å². The predicted octanol–water partition coefficient (Wildman–Crippen LogP) is 5.98. The molecule has 138 valence electrons. The molecule has 0 atom stereocenters. The van der Waals surface area contributed by atoms with Gasteiger partial charge in [-0.25, -0.2) is 0 Å². The summed E-state index contributed by atoms with van der Waals surface area (Å²) < 4.78 is 29.7. The summed E-state index contributed by atoms with van der Waals surface area (Å²) in [7, 11) is -3.74. The average Bonchev–Trinajstić information content (AvgIpc) is 2.45. The Morgan fingerprint density at radius 2 is 0.870 bits per heavy atom. The van der Waals surface area contributed by atoms with Crippen LogP contribution in [0.25, 0.3) is 0 Å². The second-order valence-corrected chi connectivity index (χ2v) is 8.16. The van der Waals surface area contributed by atoms with Gasteiger partial charge in [-0.15, -0.1) is 0 Å². The van der Waals surface area contributed by atoms with Crippen molar-refractivity contribution < 1.29 is 15.8 Å². The van der Waals surface area contributed by atoms with Crippen LogP contribution >= 0.6 is 0 Å². The molecule has 0 saturated heterocycles. The molecule has 0 aromatic heterocycles. The van der Waals surface area contributed by atoms with Crippen LogP contribution in [0.2, 0.25) is 0 Å². The molecule has 0 saturated carbocycles. The minimum Gasteiger partial charge on any atom is -1.00 e. The van der Waals surface area contributed by atoms with Gasteiger partial charge in [-0.1, -0.05) is 103 Å². The second kappa shape index (κ2) is 19.0. The van der Waals surface area contributed by atoms with Gasteiger partial charge in [-0.05, 0) is 6.42 Å². The van der Waals surface area contributed by atoms with Crippen molar-refractivity contribution in [3.8, 4) is 0 Å². The van der Waals surface area contributed by atoms with Crippen LogP contribution in [0.3, 0.4) is 0 Å². The van der Waals surface area contributed by atoms with Gasteiger partial charge >= 0.3 is 23.1 Å². The molecule has 3 nitrogen and oxygen atoms in total. The molecule has 0 aliphatic rings. The fraction of sp³-hybridized carbons (Fsp3) is 1.00. The van der Waals surface area contributed by atoms with Crippen molar-refractivity contribution in [3.05, 3.63) is 0 Å². The molecule has 0 aromatic carbocycles. The first kappa shape index (κ1) is 25.9. The summed E-state index contributed by atoms with van der Waals surface area (Å²) in [6.45, 7) is 2.26. The van der Waals surface area contributed by atoms with Crippen LogP contribution in [0.1, 0.15) is 113 Å². The van der Waals surface area contributed by atoms with Crippen LogP contribution in [0.4, 0.5) is 0 Å². The number of unbranched alkanes of at least 4 members (excludes halogenated alkanes) is 15. The van der Waals surface area contributed by atoms with E-state index in [0.717, 1.165) is 12.8 Å². The van der Waals surface area contributed by atoms with Gasteiger partial charge < -0.3 is 2.85 Å². The van der Waals surface area contributed by atoms with E-state index in [1.54, 1.807) is 0 Å². The summed E-state index contributed by atoms with van der Waals surface area (Å²) in [5.41, 5.74) is 0. The van der Waals surface area contributed by atoms with Crippen LogP contribution < -0.4 is 0 Å². The smallest absolute Gasteiger partial charge is 1.00 e. The molecule has 1 N–H and O–H groups in total. The maximum absolute atomic E-state index is 10.5. The first-order valence-corrected chi connectivity index (χ1v) is 11.1. The van der Waals surface area contributed by atoms with E-state index in [1.807, 2.05) is 0 Å². The normalized spacial score (nSPS) is 11.4. The molecule has 0 fully saturated rings. The predicted molar refractivity (Wildman–Crippen MR) is 104 cm³/mol. The fourth-order valence-electron chi connectivity index (χ4n) is 2.83. The molecule has 0 bridgehead atoms. The summed E-state index contributed by atoms with van der Waals surface area (Å²) >= 11 is 0. The first-order valence-electron chi connectivity index (χ1n) is 9.51. The third-order valence-corrected chi connectivity index (χ3v) is 5.06. The first-order chi connectivity index (χ1) is 10.6. The largest absolute Gasteiger partial charge is 2.00 e. The zero-order valence-electron chi connectivity index (χ0n) is 17.4. The molecule has 0 heterocycles. The van der Waals surface area contributed by atoms with E-state index >= 15 is 0 Å². The van der Waals surface area contributed by atoms with E-state index in [0.29, 0.717) is 6.42 Å². The Bertz CT molecular complexity index is 328. The van der Waals surface area contributed by atoms with Gasteiger partial charge in [-0.2, -0.15) is 8.42 Å². The van der Waals surface area contributed by atoms with Crippen molar-refractivity contribution in [1.82, 2.24) is 0 Å². The number of hydrogen-bond acceptors (Lipinski definition) is 2. The SMILES string of the molecule is CCCCCCCCCCCCCCCCCCS(=O)(=O)O.[H-].[H-].[Mg+2]. The van der Waals surface area contributed by atoms with E-state index in [9.17, 15) is 8.42 Å². The summed E-state index contributed by atoms with van der Waals surface area (Å²) in [6, 6.07) is 0. The minimum absolute atomic E-state index is 0. The quantitative estimate of drug-likeness (QED) is 0.197. The third-order valence-electron chi connectivity index (χ3n) is 4.26. The topological polar surface area (TPSA) is 54.4 Å². The summed E-state index contributed by atoms with van der Waals surface area (Å²) in [5, 5.41) is 0. The minimum atomic E-state index is -3.74. The molecule has 5 heteroatoms. The van der Waals surface area contributed by atoms with E-state index in [1.165, 1.54) is 83.5 Å². The van der Waals surface area contributed by atoms with Crippen molar-refractivity contribution in [2.24, 2.45) is 0 Å². The van der Waals surface area contributed by atoms with Gasteiger partial charge in [0.1, 0.15) is 0 Å². The van der Waals surface area contributed by atoms with Crippen molar-refractivity contribution in [2.75, 3.05) is 5.75 Å². The summed E-state index contributed by atoms with van der Waals surface area (Å²) in [4.78, 5) is 0. The standard InChI is InChI=1S/C18H38O3S.Mg.2H/c1-2-3-4-5-6-7-8-9-10-11-12-13-14-15-16-17-18-22(19,20)21;;;/h2-18H2,1H3,(H,19,20,21);;;/q;+2;2*-1. The Hall–Kier alpha value is 0.676. The van der Waals surface area contributed by atoms with Crippen LogP contribution in [0.15, 0.2) is 0 Å². The Kier molecular flexibility index (Phi) is 21.4. The molecule has 0 spiro atoms. The van der Waals surface area contributed by atoms with Crippen molar-refractivity contribution in [2.45, 2.75) is 110 Å². The van der Waals surface area contributed by atoms with Gasteiger partial charge in [-0.3, -0.25) is 4.55 Å².